The van der Waals surface area contributed by atoms with E-state index in [0.717, 1.165) is 16.7 Å². The SMILES string of the molecule is C[C@@H](OCNC(=O)CNC(=O)[C@H](Cc1ccccc1)NC(=O)CNC(=O)CNC(=O)OCc1ccccc1)C(=O)OCc1ccccc1. The second-order valence-electron chi connectivity index (χ2n) is 10.4. The van der Waals surface area contributed by atoms with Crippen molar-refractivity contribution in [1.29, 1.82) is 0 Å². The van der Waals surface area contributed by atoms with Gasteiger partial charge in [-0.05, 0) is 23.6 Å². The number of esters is 1. The molecule has 0 bridgehead atoms. The molecule has 3 aromatic carbocycles. The normalized spacial score (nSPS) is 11.6. The van der Waals surface area contributed by atoms with E-state index in [2.05, 4.69) is 26.6 Å². The quantitative estimate of drug-likeness (QED) is 0.0982. The third-order valence-corrected chi connectivity index (χ3v) is 6.57. The van der Waals surface area contributed by atoms with Crippen molar-refractivity contribution in [2.45, 2.75) is 38.7 Å². The first-order chi connectivity index (χ1) is 23.2. The van der Waals surface area contributed by atoms with Crippen molar-refractivity contribution in [1.82, 2.24) is 26.6 Å². The topological polar surface area (TPSA) is 190 Å². The molecule has 0 saturated carbocycles. The van der Waals surface area contributed by atoms with Crippen molar-refractivity contribution in [2.75, 3.05) is 26.4 Å². The first kappa shape index (κ1) is 36.7. The van der Waals surface area contributed by atoms with Gasteiger partial charge in [0.15, 0.2) is 6.10 Å². The van der Waals surface area contributed by atoms with Crippen LogP contribution in [0.2, 0.25) is 0 Å². The lowest BCUT2D eigenvalue weighted by Gasteiger charge is -2.19. The molecule has 14 nitrogen and oxygen atoms in total. The summed E-state index contributed by atoms with van der Waals surface area (Å²) >= 11 is 0. The van der Waals surface area contributed by atoms with Gasteiger partial charge < -0.3 is 40.8 Å². The molecule has 0 fully saturated rings. The predicted molar refractivity (Wildman–Crippen MR) is 173 cm³/mol. The fourth-order valence-corrected chi connectivity index (χ4v) is 3.99. The Morgan fingerprint density at radius 3 is 1.69 bits per heavy atom. The van der Waals surface area contributed by atoms with Gasteiger partial charge in [-0.1, -0.05) is 91.0 Å². The number of rotatable bonds is 18. The Labute approximate surface area is 277 Å². The Balaban J connectivity index is 1.38. The monoisotopic (exact) mass is 661 g/mol. The molecule has 0 radical (unpaired) electrons. The molecule has 0 aliphatic carbocycles. The third-order valence-electron chi connectivity index (χ3n) is 6.57. The number of amides is 5. The fraction of sp³-hybridized carbons (Fsp3) is 0.294. The van der Waals surface area contributed by atoms with Crippen LogP contribution in [0.3, 0.4) is 0 Å². The molecule has 0 heterocycles. The highest BCUT2D eigenvalue weighted by molar-refractivity contribution is 5.92. The van der Waals surface area contributed by atoms with E-state index in [1.807, 2.05) is 36.4 Å². The Morgan fingerprint density at radius 2 is 1.08 bits per heavy atom. The Kier molecular flexibility index (Phi) is 15.6. The molecule has 254 valence electrons. The van der Waals surface area contributed by atoms with Crippen molar-refractivity contribution in [2.24, 2.45) is 0 Å². The highest BCUT2D eigenvalue weighted by atomic mass is 16.6. The smallest absolute Gasteiger partial charge is 0.407 e. The molecule has 14 heteroatoms. The Hall–Kier alpha value is -5.76. The molecule has 0 aliphatic heterocycles. The van der Waals surface area contributed by atoms with Crippen LogP contribution >= 0.6 is 0 Å². The molecule has 0 aromatic heterocycles. The summed E-state index contributed by atoms with van der Waals surface area (Å²) in [6.45, 7) is -0.0372. The van der Waals surface area contributed by atoms with Crippen LogP contribution in [0.1, 0.15) is 23.6 Å². The minimum absolute atomic E-state index is 0.0300. The summed E-state index contributed by atoms with van der Waals surface area (Å²) in [5, 5.41) is 12.1. The van der Waals surface area contributed by atoms with Gasteiger partial charge in [0.05, 0.1) is 13.1 Å². The van der Waals surface area contributed by atoms with Crippen molar-refractivity contribution >= 4 is 35.7 Å². The first-order valence-electron chi connectivity index (χ1n) is 15.1. The average Bonchev–Trinajstić information content (AvgIpc) is 3.11. The molecule has 0 unspecified atom stereocenters. The number of ether oxygens (including phenoxy) is 3. The van der Waals surface area contributed by atoms with E-state index in [1.165, 1.54) is 6.92 Å². The molecule has 3 aromatic rings. The van der Waals surface area contributed by atoms with E-state index < -0.39 is 67.5 Å². The van der Waals surface area contributed by atoms with E-state index in [1.54, 1.807) is 54.6 Å². The summed E-state index contributed by atoms with van der Waals surface area (Å²) < 4.78 is 15.5. The van der Waals surface area contributed by atoms with Crippen molar-refractivity contribution in [3.05, 3.63) is 108 Å². The number of alkyl carbamates (subject to hydrolysis) is 1. The maximum absolute atomic E-state index is 13.0. The third kappa shape index (κ3) is 14.6. The summed E-state index contributed by atoms with van der Waals surface area (Å²) in [6.07, 6.45) is -1.64. The average molecular weight is 662 g/mol. The summed E-state index contributed by atoms with van der Waals surface area (Å²) in [6, 6.07) is 25.9. The fourth-order valence-electron chi connectivity index (χ4n) is 3.99. The van der Waals surface area contributed by atoms with Crippen LogP contribution in [0.4, 0.5) is 4.79 Å². The zero-order chi connectivity index (χ0) is 34.6. The van der Waals surface area contributed by atoms with Crippen molar-refractivity contribution in [3.8, 4) is 0 Å². The van der Waals surface area contributed by atoms with E-state index in [9.17, 15) is 28.8 Å². The number of hydrogen-bond acceptors (Lipinski definition) is 9. The molecule has 5 amide bonds. The van der Waals surface area contributed by atoms with Crippen LogP contribution < -0.4 is 26.6 Å². The van der Waals surface area contributed by atoms with Gasteiger partial charge in [0.1, 0.15) is 32.5 Å². The maximum Gasteiger partial charge on any atom is 0.407 e. The van der Waals surface area contributed by atoms with E-state index in [0.29, 0.717) is 0 Å². The van der Waals surface area contributed by atoms with E-state index >= 15 is 0 Å². The van der Waals surface area contributed by atoms with E-state index in [-0.39, 0.29) is 26.4 Å². The van der Waals surface area contributed by atoms with Crippen LogP contribution in [0.25, 0.3) is 0 Å². The minimum Gasteiger partial charge on any atom is -0.459 e. The van der Waals surface area contributed by atoms with Gasteiger partial charge in [0, 0.05) is 6.42 Å². The summed E-state index contributed by atoms with van der Waals surface area (Å²) in [5.74, 6) is -3.16. The summed E-state index contributed by atoms with van der Waals surface area (Å²) in [5.41, 5.74) is 2.34. The first-order valence-corrected chi connectivity index (χ1v) is 15.1. The molecule has 2 atom stereocenters. The number of hydrogen-bond donors (Lipinski definition) is 5. The van der Waals surface area contributed by atoms with Crippen LogP contribution in [-0.2, 0) is 57.8 Å². The maximum atomic E-state index is 13.0. The largest absolute Gasteiger partial charge is 0.459 e. The van der Waals surface area contributed by atoms with Gasteiger partial charge in [0.2, 0.25) is 23.6 Å². The lowest BCUT2D eigenvalue weighted by Crippen LogP contribution is -2.52. The molecule has 3 rings (SSSR count). The van der Waals surface area contributed by atoms with Gasteiger partial charge in [-0.3, -0.25) is 19.2 Å². The van der Waals surface area contributed by atoms with Crippen LogP contribution in [0, 0.1) is 0 Å². The summed E-state index contributed by atoms with van der Waals surface area (Å²) in [7, 11) is 0. The van der Waals surface area contributed by atoms with Crippen LogP contribution in [0.15, 0.2) is 91.0 Å². The van der Waals surface area contributed by atoms with Gasteiger partial charge in [-0.15, -0.1) is 0 Å². The molecule has 0 spiro atoms. The second-order valence-corrected chi connectivity index (χ2v) is 10.4. The highest BCUT2D eigenvalue weighted by Gasteiger charge is 2.22. The van der Waals surface area contributed by atoms with Gasteiger partial charge >= 0.3 is 12.1 Å². The van der Waals surface area contributed by atoms with Crippen molar-refractivity contribution in [3.63, 3.8) is 0 Å². The summed E-state index contributed by atoms with van der Waals surface area (Å²) in [4.78, 5) is 74.1. The molecule has 5 N–H and O–H groups in total. The number of benzene rings is 3. The highest BCUT2D eigenvalue weighted by Crippen LogP contribution is 2.05. The molecular weight excluding hydrogens is 622 g/mol. The van der Waals surface area contributed by atoms with Gasteiger partial charge in [0.25, 0.3) is 0 Å². The lowest BCUT2D eigenvalue weighted by atomic mass is 10.1. The number of nitrogens with one attached hydrogen (secondary N) is 5. The second kappa shape index (κ2) is 20.4. The lowest BCUT2D eigenvalue weighted by molar-refractivity contribution is -0.158. The van der Waals surface area contributed by atoms with Crippen LogP contribution in [-0.4, -0.2) is 74.2 Å². The van der Waals surface area contributed by atoms with Crippen LogP contribution in [0.5, 0.6) is 0 Å². The molecule has 0 aliphatic rings. The van der Waals surface area contributed by atoms with E-state index in [4.69, 9.17) is 14.2 Å². The standard InChI is InChI=1S/C34H39N5O9/c1-24(33(44)46-21-26-13-7-3-8-14-26)48-23-38-30(41)18-36-32(43)28(17-25-11-5-2-6-12-25)39-31(42)20-35-29(40)19-37-34(45)47-22-27-15-9-4-10-16-27/h2-16,24,28H,17-23H2,1H3,(H,35,40)(H,36,43)(H,37,45)(H,38,41)(H,39,42)/t24-,28+/m1/s1. The zero-order valence-electron chi connectivity index (χ0n) is 26.4. The number of carbonyl (C=O) groups is 6. The Bertz CT molecular complexity index is 1490. The molecule has 0 saturated heterocycles. The van der Waals surface area contributed by atoms with Gasteiger partial charge in [-0.25, -0.2) is 9.59 Å². The molecule has 48 heavy (non-hydrogen) atoms. The minimum atomic E-state index is -1.08. The van der Waals surface area contributed by atoms with Gasteiger partial charge in [-0.2, -0.15) is 0 Å². The molecular formula is C34H39N5O9. The zero-order valence-corrected chi connectivity index (χ0v) is 26.4. The Morgan fingerprint density at radius 1 is 0.583 bits per heavy atom. The predicted octanol–water partition coefficient (Wildman–Crippen LogP) is 1.09. The van der Waals surface area contributed by atoms with Crippen molar-refractivity contribution < 1.29 is 43.0 Å². The number of carbonyl (C=O) groups excluding carboxylic acids is 6.